The van der Waals surface area contributed by atoms with Crippen LogP contribution in [0.4, 0.5) is 0 Å². The van der Waals surface area contributed by atoms with Gasteiger partial charge in [0.1, 0.15) is 7.05 Å². The van der Waals surface area contributed by atoms with Crippen LogP contribution in [0, 0.1) is 5.21 Å². The molecule has 2 heteroatoms. The summed E-state index contributed by atoms with van der Waals surface area (Å²) in [6.07, 6.45) is 22.1. The number of nitrogens with zero attached hydrogens (tertiary/aromatic N) is 1. The molecular weight excluding hydrogens is 246 g/mol. The van der Waals surface area contributed by atoms with Crippen LogP contribution in [0.5, 0.6) is 0 Å². The van der Waals surface area contributed by atoms with Crippen molar-refractivity contribution >= 4 is 6.21 Å². The summed E-state index contributed by atoms with van der Waals surface area (Å²) < 4.78 is 0.919. The van der Waals surface area contributed by atoms with Crippen LogP contribution in [0.3, 0.4) is 0 Å². The third-order valence-corrected chi connectivity index (χ3v) is 3.94. The summed E-state index contributed by atoms with van der Waals surface area (Å²) in [6, 6.07) is 0. The van der Waals surface area contributed by atoms with Crippen molar-refractivity contribution in [2.75, 3.05) is 7.05 Å². The molecule has 0 atom stereocenters. The summed E-state index contributed by atoms with van der Waals surface area (Å²) in [4.78, 5) is 0. The van der Waals surface area contributed by atoms with Gasteiger partial charge in [0.15, 0.2) is 6.21 Å². The molecule has 20 heavy (non-hydrogen) atoms. The minimum Gasteiger partial charge on any atom is -0.624 e. The molecule has 0 bridgehead atoms. The highest BCUT2D eigenvalue weighted by Gasteiger charge is 1.94. The Balaban J connectivity index is 2.97. The summed E-state index contributed by atoms with van der Waals surface area (Å²) >= 11 is 0. The molecule has 0 aromatic carbocycles. The third-order valence-electron chi connectivity index (χ3n) is 3.94. The first-order valence-electron chi connectivity index (χ1n) is 9.00. The van der Waals surface area contributed by atoms with Crippen LogP contribution in [0.1, 0.15) is 103 Å². The Morgan fingerprint density at radius 2 is 1.00 bits per heavy atom. The van der Waals surface area contributed by atoms with Gasteiger partial charge in [0.2, 0.25) is 0 Å². The minimum atomic E-state index is 0.919. The Morgan fingerprint density at radius 1 is 0.650 bits per heavy atom. The highest BCUT2D eigenvalue weighted by atomic mass is 16.5. The van der Waals surface area contributed by atoms with Crippen LogP contribution in [-0.4, -0.2) is 18.0 Å². The van der Waals surface area contributed by atoms with E-state index < -0.39 is 0 Å². The Morgan fingerprint density at radius 3 is 1.35 bits per heavy atom. The zero-order chi connectivity index (χ0) is 14.9. The maximum Gasteiger partial charge on any atom is 0.150 e. The van der Waals surface area contributed by atoms with Crippen LogP contribution in [0.15, 0.2) is 0 Å². The number of rotatable bonds is 15. The van der Waals surface area contributed by atoms with Crippen molar-refractivity contribution < 1.29 is 4.74 Å². The Hall–Kier alpha value is -0.530. The molecule has 0 amide bonds. The van der Waals surface area contributed by atoms with Crippen LogP contribution in [0.2, 0.25) is 0 Å². The summed E-state index contributed by atoms with van der Waals surface area (Å²) in [5.41, 5.74) is 0. The summed E-state index contributed by atoms with van der Waals surface area (Å²) in [5, 5.41) is 10.6. The zero-order valence-electron chi connectivity index (χ0n) is 14.0. The van der Waals surface area contributed by atoms with Gasteiger partial charge in [0.25, 0.3) is 0 Å². The van der Waals surface area contributed by atoms with Crippen molar-refractivity contribution in [1.82, 2.24) is 0 Å². The predicted molar refractivity (Wildman–Crippen MR) is 90.5 cm³/mol. The molecule has 2 nitrogen and oxygen atoms in total. The van der Waals surface area contributed by atoms with E-state index in [1.807, 2.05) is 0 Å². The number of unbranched alkanes of at least 4 members (excludes halogenated alkanes) is 14. The van der Waals surface area contributed by atoms with E-state index in [2.05, 4.69) is 6.92 Å². The molecule has 120 valence electrons. The number of hydrogen-bond donors (Lipinski definition) is 0. The first kappa shape index (κ1) is 19.5. The normalized spacial score (nSPS) is 12.0. The molecule has 0 aromatic rings. The van der Waals surface area contributed by atoms with Gasteiger partial charge in [0, 0.05) is 6.42 Å². The molecule has 0 aromatic heterocycles. The van der Waals surface area contributed by atoms with Gasteiger partial charge in [-0.05, 0) is 6.42 Å². The van der Waals surface area contributed by atoms with Gasteiger partial charge >= 0.3 is 0 Å². The summed E-state index contributed by atoms with van der Waals surface area (Å²) in [5.74, 6) is 0. The largest absolute Gasteiger partial charge is 0.624 e. The molecule has 0 heterocycles. The lowest BCUT2D eigenvalue weighted by atomic mass is 10.0. The molecule has 0 unspecified atom stereocenters. The number of hydrogen-bond acceptors (Lipinski definition) is 1. The average molecular weight is 283 g/mol. The van der Waals surface area contributed by atoms with Gasteiger partial charge < -0.3 is 5.21 Å². The topological polar surface area (TPSA) is 26.1 Å². The molecule has 0 aliphatic heterocycles. The van der Waals surface area contributed by atoms with Crippen LogP contribution in [0.25, 0.3) is 0 Å². The van der Waals surface area contributed by atoms with Gasteiger partial charge in [-0.3, -0.25) is 0 Å². The van der Waals surface area contributed by atoms with E-state index in [1.54, 1.807) is 13.3 Å². The van der Waals surface area contributed by atoms with Crippen molar-refractivity contribution in [2.24, 2.45) is 0 Å². The second-order valence-electron chi connectivity index (χ2n) is 6.11. The van der Waals surface area contributed by atoms with Gasteiger partial charge in [-0.1, -0.05) is 90.4 Å². The second kappa shape index (κ2) is 16.5. The fraction of sp³-hybridized carbons (Fsp3) is 0.944. The van der Waals surface area contributed by atoms with Gasteiger partial charge in [-0.25, -0.2) is 4.74 Å². The van der Waals surface area contributed by atoms with E-state index in [0.717, 1.165) is 11.2 Å². The van der Waals surface area contributed by atoms with Crippen LogP contribution in [-0.2, 0) is 0 Å². The third kappa shape index (κ3) is 17.5. The summed E-state index contributed by atoms with van der Waals surface area (Å²) in [7, 11) is 1.56. The van der Waals surface area contributed by atoms with Crippen LogP contribution >= 0.6 is 0 Å². The molecule has 0 spiro atoms. The molecule has 0 fully saturated rings. The quantitative estimate of drug-likeness (QED) is 0.118. The first-order valence-corrected chi connectivity index (χ1v) is 9.00. The molecule has 0 saturated carbocycles. The molecule has 0 saturated heterocycles. The smallest absolute Gasteiger partial charge is 0.150 e. The Bertz CT molecular complexity index is 209. The van der Waals surface area contributed by atoms with E-state index in [1.165, 1.54) is 89.9 Å². The minimum absolute atomic E-state index is 0.919. The lowest BCUT2D eigenvalue weighted by Gasteiger charge is -2.02. The maximum absolute atomic E-state index is 10.6. The maximum atomic E-state index is 10.6. The van der Waals surface area contributed by atoms with Gasteiger partial charge in [-0.2, -0.15) is 0 Å². The van der Waals surface area contributed by atoms with E-state index >= 15 is 0 Å². The van der Waals surface area contributed by atoms with Crippen LogP contribution < -0.4 is 0 Å². The van der Waals surface area contributed by atoms with Gasteiger partial charge in [0.05, 0.1) is 0 Å². The SMILES string of the molecule is CCCCCCCCCCCCCCCCC=[N+](C)[O-]. The standard InChI is InChI=1S/C18H37NO/c1-3-4-5-6-7-8-9-10-11-12-13-14-15-16-17-18-19(2)20/h18H,3-17H2,1-2H3. The Labute approximate surface area is 127 Å². The van der Waals surface area contributed by atoms with E-state index in [-0.39, 0.29) is 0 Å². The van der Waals surface area contributed by atoms with E-state index in [9.17, 15) is 5.21 Å². The predicted octanol–water partition coefficient (Wildman–Crippen LogP) is 6.07. The fourth-order valence-electron chi connectivity index (χ4n) is 2.61. The van der Waals surface area contributed by atoms with Gasteiger partial charge in [-0.15, -0.1) is 0 Å². The lowest BCUT2D eigenvalue weighted by molar-refractivity contribution is -0.418. The molecular formula is C18H37NO. The number of hydroxylamine groups is 1. The highest BCUT2D eigenvalue weighted by molar-refractivity contribution is 5.50. The fourth-order valence-corrected chi connectivity index (χ4v) is 2.61. The van der Waals surface area contributed by atoms with Crippen molar-refractivity contribution in [3.05, 3.63) is 5.21 Å². The Kier molecular flexibility index (Phi) is 16.1. The van der Waals surface area contributed by atoms with Crippen molar-refractivity contribution in [2.45, 2.75) is 103 Å². The monoisotopic (exact) mass is 283 g/mol. The second-order valence-corrected chi connectivity index (χ2v) is 6.11. The van der Waals surface area contributed by atoms with Crippen molar-refractivity contribution in [3.63, 3.8) is 0 Å². The average Bonchev–Trinajstić information content (AvgIpc) is 2.43. The first-order chi connectivity index (χ1) is 9.77. The van der Waals surface area contributed by atoms with E-state index in [4.69, 9.17) is 0 Å². The highest BCUT2D eigenvalue weighted by Crippen LogP contribution is 2.13. The zero-order valence-corrected chi connectivity index (χ0v) is 14.0. The molecule has 0 aliphatic rings. The van der Waals surface area contributed by atoms with Crippen molar-refractivity contribution in [3.8, 4) is 0 Å². The lowest BCUT2D eigenvalue weighted by Crippen LogP contribution is -1.95. The van der Waals surface area contributed by atoms with Crippen molar-refractivity contribution in [1.29, 1.82) is 0 Å². The van der Waals surface area contributed by atoms with E-state index in [0.29, 0.717) is 0 Å². The summed E-state index contributed by atoms with van der Waals surface area (Å²) in [6.45, 7) is 2.28. The molecule has 0 rings (SSSR count). The molecule has 0 N–H and O–H groups in total. The molecule has 0 aliphatic carbocycles. The molecule has 0 radical (unpaired) electrons.